The number of nitrogens with two attached hydrogens (primary N) is 1. The number of allylic oxidation sites excluding steroid dienone is 1. The SMILES string of the molecule is C/C=C(\C)[C@H]1OC(=O)[C@@H](C)NC(=O)C(C(C)CC)NC(=O)CN(C)C(=O)[C@@H](Cc2ccccc2)N(C)C(=O)[C@H](C)NC(=O)[C@@H](CC(C)C)OC(=O)/C(C)=C/C[C@H](OC(=O)NCCCCCOP(=O)(O)OP(=O)(O)OCCCCCN)[C@@H]1C. The number of esters is 2. The minimum Gasteiger partial charge on any atom is -0.456 e. The van der Waals surface area contributed by atoms with Crippen LogP contribution in [0.15, 0.2) is 53.6 Å². The zero-order chi connectivity index (χ0) is 61.9. The molecule has 0 radical (unpaired) electrons. The molecule has 0 spiro atoms. The van der Waals surface area contributed by atoms with Crippen LogP contribution < -0.4 is 27.0 Å². The van der Waals surface area contributed by atoms with Crippen molar-refractivity contribution in [2.24, 2.45) is 23.5 Å². The molecule has 0 bridgehead atoms. The van der Waals surface area contributed by atoms with Gasteiger partial charge >= 0.3 is 33.7 Å². The van der Waals surface area contributed by atoms with Crippen molar-refractivity contribution in [3.05, 3.63) is 59.2 Å². The third-order valence-electron chi connectivity index (χ3n) is 13.7. The number of hydrogen-bond acceptors (Lipinski definition) is 17. The lowest BCUT2D eigenvalue weighted by molar-refractivity contribution is -0.155. The number of nitrogens with zero attached hydrogens (tertiary/aromatic N) is 2. The Morgan fingerprint density at radius 2 is 1.45 bits per heavy atom. The van der Waals surface area contributed by atoms with Crippen molar-refractivity contribution in [3.63, 3.8) is 0 Å². The Hall–Kier alpha value is -5.52. The van der Waals surface area contributed by atoms with Crippen LogP contribution in [-0.2, 0) is 76.7 Å². The number of carbonyl (C=O) groups is 8. The Balaban J connectivity index is 2.51. The lowest BCUT2D eigenvalue weighted by Crippen LogP contribution is -2.57. The molecule has 27 heteroatoms. The van der Waals surface area contributed by atoms with Crippen molar-refractivity contribution >= 4 is 63.2 Å². The van der Waals surface area contributed by atoms with E-state index in [0.29, 0.717) is 56.2 Å². The zero-order valence-electron chi connectivity index (χ0n) is 49.7. The van der Waals surface area contributed by atoms with Gasteiger partial charge in [0.1, 0.15) is 36.4 Å². The number of alkyl carbamates (subject to hydrolysis) is 1. The van der Waals surface area contributed by atoms with Crippen molar-refractivity contribution < 1.29 is 84.8 Å². The highest BCUT2D eigenvalue weighted by Gasteiger charge is 2.39. The average molecular weight is 1200 g/mol. The number of hydrogen-bond donors (Lipinski definition) is 7. The van der Waals surface area contributed by atoms with Gasteiger partial charge in [-0.15, -0.1) is 0 Å². The van der Waals surface area contributed by atoms with Gasteiger partial charge in [-0.3, -0.25) is 33.0 Å². The summed E-state index contributed by atoms with van der Waals surface area (Å²) < 4.78 is 56.2. The molecule has 0 saturated carbocycles. The van der Waals surface area contributed by atoms with E-state index in [4.69, 9.17) is 29.0 Å². The van der Waals surface area contributed by atoms with Crippen LogP contribution in [0.3, 0.4) is 0 Å². The Bertz CT molecular complexity index is 2430. The maximum Gasteiger partial charge on any atom is 0.481 e. The van der Waals surface area contributed by atoms with Gasteiger partial charge in [0.25, 0.3) is 5.91 Å². The highest BCUT2D eigenvalue weighted by atomic mass is 31.3. The molecule has 82 heavy (non-hydrogen) atoms. The van der Waals surface area contributed by atoms with Crippen LogP contribution in [0, 0.1) is 17.8 Å². The minimum atomic E-state index is -4.98. The van der Waals surface area contributed by atoms with E-state index in [1.54, 1.807) is 64.1 Å². The molecular weight excluding hydrogens is 1110 g/mol. The monoisotopic (exact) mass is 1200 g/mol. The fourth-order valence-corrected chi connectivity index (χ4v) is 10.6. The lowest BCUT2D eigenvalue weighted by Gasteiger charge is -2.33. The van der Waals surface area contributed by atoms with E-state index >= 15 is 0 Å². The second-order valence-corrected chi connectivity index (χ2v) is 24.1. The smallest absolute Gasteiger partial charge is 0.456 e. The molecule has 0 aliphatic carbocycles. The third kappa shape index (κ3) is 26.0. The molecule has 1 aliphatic heterocycles. The first-order chi connectivity index (χ1) is 38.5. The first-order valence-electron chi connectivity index (χ1n) is 27.9. The maximum atomic E-state index is 14.3. The number of amides is 6. The Kier molecular flexibility index (Phi) is 32.1. The van der Waals surface area contributed by atoms with Crippen LogP contribution in [0.2, 0.25) is 0 Å². The van der Waals surface area contributed by atoms with Gasteiger partial charge in [0.15, 0.2) is 6.10 Å². The molecule has 0 saturated heterocycles. The van der Waals surface area contributed by atoms with Gasteiger partial charge in [0, 0.05) is 45.0 Å². The predicted octanol–water partition coefficient (Wildman–Crippen LogP) is 5.52. The summed E-state index contributed by atoms with van der Waals surface area (Å²) in [7, 11) is -7.09. The Labute approximate surface area is 483 Å². The van der Waals surface area contributed by atoms with Gasteiger partial charge in [-0.05, 0) is 109 Å². The fourth-order valence-electron chi connectivity index (χ4n) is 8.43. The topological polar surface area (TPSA) is 347 Å². The first-order valence-corrected chi connectivity index (χ1v) is 30.9. The summed E-state index contributed by atoms with van der Waals surface area (Å²) >= 11 is 0. The van der Waals surface area contributed by atoms with Crippen LogP contribution in [0.25, 0.3) is 0 Å². The maximum absolute atomic E-state index is 14.3. The van der Waals surface area contributed by atoms with Crippen LogP contribution in [0.1, 0.15) is 133 Å². The number of nitrogens with one attached hydrogen (secondary N) is 4. The molecule has 11 atom stereocenters. The number of phosphoric ester groups is 2. The molecule has 1 aromatic rings. The summed E-state index contributed by atoms with van der Waals surface area (Å²) in [5.41, 5.74) is 6.67. The molecule has 1 aromatic carbocycles. The predicted molar refractivity (Wildman–Crippen MR) is 305 cm³/mol. The molecule has 2 rings (SSSR count). The van der Waals surface area contributed by atoms with Gasteiger partial charge in [-0.1, -0.05) is 83.5 Å². The number of phosphoric acid groups is 2. The third-order valence-corrected chi connectivity index (χ3v) is 16.4. The van der Waals surface area contributed by atoms with Crippen LogP contribution in [-0.4, -0.2) is 157 Å². The number of likely N-dealkylation sites (N-methyl/N-ethyl adjacent to an activating group) is 2. The summed E-state index contributed by atoms with van der Waals surface area (Å²) in [5, 5.41) is 10.7. The van der Waals surface area contributed by atoms with Crippen molar-refractivity contribution in [1.82, 2.24) is 31.1 Å². The van der Waals surface area contributed by atoms with Gasteiger partial charge in [-0.25, -0.2) is 23.5 Å². The van der Waals surface area contributed by atoms with E-state index in [1.807, 2.05) is 20.8 Å². The number of ether oxygens (including phenoxy) is 3. The molecule has 1 heterocycles. The van der Waals surface area contributed by atoms with Gasteiger partial charge in [-0.2, -0.15) is 4.31 Å². The van der Waals surface area contributed by atoms with E-state index in [1.165, 1.54) is 45.8 Å². The fraction of sp³-hybridized carbons (Fsp3) is 0.673. The molecule has 464 valence electrons. The van der Waals surface area contributed by atoms with Gasteiger partial charge in [0.2, 0.25) is 23.6 Å². The molecule has 4 unspecified atom stereocenters. The zero-order valence-corrected chi connectivity index (χ0v) is 51.5. The summed E-state index contributed by atoms with van der Waals surface area (Å²) in [6, 6.07) is 4.03. The average Bonchev–Trinajstić information content (AvgIpc) is 3.54. The van der Waals surface area contributed by atoms with Gasteiger partial charge in [0.05, 0.1) is 19.8 Å². The van der Waals surface area contributed by atoms with Gasteiger partial charge < -0.3 is 60.8 Å². The van der Waals surface area contributed by atoms with E-state index in [2.05, 4.69) is 25.6 Å². The van der Waals surface area contributed by atoms with Crippen molar-refractivity contribution in [3.8, 4) is 0 Å². The highest BCUT2D eigenvalue weighted by Crippen LogP contribution is 2.60. The summed E-state index contributed by atoms with van der Waals surface area (Å²) in [4.78, 5) is 134. The molecule has 0 fully saturated rings. The van der Waals surface area contributed by atoms with E-state index in [0.717, 1.165) is 4.90 Å². The number of carbonyl (C=O) groups excluding carboxylic acids is 8. The van der Waals surface area contributed by atoms with Crippen LogP contribution in [0.4, 0.5) is 4.79 Å². The molecule has 0 aromatic heterocycles. The molecule has 8 N–H and O–H groups in total. The number of rotatable bonds is 23. The molecule has 1 aliphatic rings. The summed E-state index contributed by atoms with van der Waals surface area (Å²) in [5.74, 6) is -6.71. The van der Waals surface area contributed by atoms with E-state index in [-0.39, 0.29) is 56.9 Å². The Morgan fingerprint density at radius 3 is 2.02 bits per heavy atom. The first kappa shape index (κ1) is 72.6. The minimum absolute atomic E-state index is 0.0164. The molecular formula is C55H91N7O18P2. The van der Waals surface area contributed by atoms with E-state index in [9.17, 15) is 57.3 Å². The summed E-state index contributed by atoms with van der Waals surface area (Å²) in [6.45, 7) is 15.9. The Morgan fingerprint density at radius 1 is 0.854 bits per heavy atom. The molecule has 6 amide bonds. The van der Waals surface area contributed by atoms with Crippen molar-refractivity contribution in [2.75, 3.05) is 46.9 Å². The largest absolute Gasteiger partial charge is 0.481 e. The number of unbranched alkanes of at least 4 members (excludes halogenated alkanes) is 4. The highest BCUT2D eigenvalue weighted by molar-refractivity contribution is 7.61. The quantitative estimate of drug-likeness (QED) is 0.0233. The lowest BCUT2D eigenvalue weighted by atomic mass is 9.90. The second kappa shape index (κ2) is 36.2. The van der Waals surface area contributed by atoms with Crippen LogP contribution in [0.5, 0.6) is 0 Å². The molecule has 25 nitrogen and oxygen atoms in total. The summed E-state index contributed by atoms with van der Waals surface area (Å²) in [6.07, 6.45) is 1.49. The van der Waals surface area contributed by atoms with E-state index < -0.39 is 124 Å². The second-order valence-electron chi connectivity index (χ2n) is 21.1. The normalized spacial score (nSPS) is 25.5. The standard InChI is InChI=1S/C55H91N7O18P2/c1-13-36(5)47-50(65)59-41(10)54(69)79-48(37(6)14-2)39(8)44(78-55(70)57-29-21-17-23-31-76-82(73,74)80-81(71,72)75-30-22-16-20-28-56)27-26-38(7)53(68)77-45(32-35(3)4)49(64)58-40(9)51(66)62(12)43(33-42-24-18-15-19-25-42)52(67)61(11)34-46(63)60-47/h14-15,18-19,24-26,35-36,39-41,43-45,47-48H,13,16-17,20-23,27-34,56H2,1-12H3,(H,57,70)(H,58,64)(H,59,65)(H,60,63)(H,71,72)(H,73,74)/b37-14+,38-26+/t36?,39-,40-,41+,43+,44-,45+,47?,48+/m0/s1. The van der Waals surface area contributed by atoms with Crippen molar-refractivity contribution in [1.29, 1.82) is 0 Å². The van der Waals surface area contributed by atoms with Crippen molar-refractivity contribution in [2.45, 2.75) is 176 Å². The number of cyclic esters (lactones) is 2. The number of benzene rings is 1. The van der Waals surface area contributed by atoms with Crippen LogP contribution >= 0.6 is 15.6 Å².